The molecule has 1 aliphatic rings. The van der Waals surface area contributed by atoms with Crippen LogP contribution in [0.25, 0.3) is 0 Å². The average Bonchev–Trinajstić information content (AvgIpc) is 2.29. The Labute approximate surface area is 96.2 Å². The van der Waals surface area contributed by atoms with Crippen LogP contribution >= 0.6 is 0 Å². The van der Waals surface area contributed by atoms with Crippen LogP contribution in [-0.2, 0) is 4.79 Å². The molecule has 92 valence electrons. The van der Waals surface area contributed by atoms with E-state index in [0.717, 1.165) is 25.9 Å². The lowest BCUT2D eigenvalue weighted by atomic mass is 10.2. The summed E-state index contributed by atoms with van der Waals surface area (Å²) in [6.45, 7) is 6.07. The third-order valence-electron chi connectivity index (χ3n) is 2.67. The van der Waals surface area contributed by atoms with Crippen LogP contribution in [0.1, 0.15) is 26.7 Å². The molecule has 1 heterocycles. The fourth-order valence-electron chi connectivity index (χ4n) is 1.63. The number of piperazine rings is 1. The number of nitrogens with one attached hydrogen (secondary N) is 2. The van der Waals surface area contributed by atoms with Crippen molar-refractivity contribution < 1.29 is 4.79 Å². The van der Waals surface area contributed by atoms with Crippen LogP contribution in [0.5, 0.6) is 0 Å². The Bertz CT molecular complexity index is 266. The Morgan fingerprint density at radius 1 is 1.75 bits per heavy atom. The molecule has 4 N–H and O–H groups in total. The van der Waals surface area contributed by atoms with Crippen molar-refractivity contribution in [3.05, 3.63) is 0 Å². The van der Waals surface area contributed by atoms with Gasteiger partial charge in [0.25, 0.3) is 0 Å². The van der Waals surface area contributed by atoms with Gasteiger partial charge in [0.15, 0.2) is 0 Å². The number of nitrogens with zero attached hydrogens (tertiary/aromatic N) is 2. The first-order chi connectivity index (χ1) is 7.70. The van der Waals surface area contributed by atoms with E-state index in [9.17, 15) is 4.79 Å². The van der Waals surface area contributed by atoms with Crippen LogP contribution in [0.3, 0.4) is 0 Å². The van der Waals surface area contributed by atoms with Crippen molar-refractivity contribution in [2.45, 2.75) is 32.7 Å². The highest BCUT2D eigenvalue weighted by atomic mass is 16.2. The van der Waals surface area contributed by atoms with Crippen LogP contribution in [0.15, 0.2) is 4.99 Å². The molecule has 16 heavy (non-hydrogen) atoms. The Kier molecular flexibility index (Phi) is 5.04. The quantitative estimate of drug-likeness (QED) is 0.198. The molecule has 1 fully saturated rings. The lowest BCUT2D eigenvalue weighted by molar-refractivity contribution is -0.126. The number of hydrogen-bond donors (Lipinski definition) is 3. The van der Waals surface area contributed by atoms with E-state index in [4.69, 9.17) is 5.84 Å². The van der Waals surface area contributed by atoms with Gasteiger partial charge < -0.3 is 10.2 Å². The standard InChI is InChI=1S/C10H21N5O/c1-3-4-5-13-10(14-11)15-7-6-12-9(16)8(15)2/h8H,3-7,11H2,1-2H3,(H,12,16)(H,13,14). The molecular formula is C10H21N5O. The van der Waals surface area contributed by atoms with Crippen molar-refractivity contribution in [1.29, 1.82) is 0 Å². The second kappa shape index (κ2) is 6.32. The molecule has 0 aliphatic carbocycles. The number of hydrazine groups is 1. The minimum atomic E-state index is -0.217. The first-order valence-electron chi connectivity index (χ1n) is 5.76. The van der Waals surface area contributed by atoms with E-state index in [1.54, 1.807) is 0 Å². The van der Waals surface area contributed by atoms with Gasteiger partial charge in [-0.2, -0.15) is 0 Å². The number of carbonyl (C=O) groups is 1. The number of unbranched alkanes of at least 4 members (excludes halogenated alkanes) is 1. The van der Waals surface area contributed by atoms with Gasteiger partial charge in [-0.3, -0.25) is 15.2 Å². The number of guanidine groups is 1. The fourth-order valence-corrected chi connectivity index (χ4v) is 1.63. The number of rotatable bonds is 3. The zero-order valence-corrected chi connectivity index (χ0v) is 9.99. The highest BCUT2D eigenvalue weighted by Gasteiger charge is 2.27. The number of nitrogens with two attached hydrogens (primary N) is 1. The molecule has 0 spiro atoms. The van der Waals surface area contributed by atoms with Crippen molar-refractivity contribution in [1.82, 2.24) is 15.6 Å². The second-order valence-corrected chi connectivity index (χ2v) is 3.86. The Hall–Kier alpha value is -1.30. The molecule has 0 aromatic rings. The van der Waals surface area contributed by atoms with Gasteiger partial charge in [-0.25, -0.2) is 5.84 Å². The molecule has 1 aliphatic heterocycles. The summed E-state index contributed by atoms with van der Waals surface area (Å²) in [4.78, 5) is 17.7. The highest BCUT2D eigenvalue weighted by Crippen LogP contribution is 2.04. The van der Waals surface area contributed by atoms with Crippen molar-refractivity contribution in [3.8, 4) is 0 Å². The predicted octanol–water partition coefficient (Wildman–Crippen LogP) is -0.574. The van der Waals surface area contributed by atoms with Gasteiger partial charge in [0, 0.05) is 19.6 Å². The predicted molar refractivity (Wildman–Crippen MR) is 63.7 cm³/mol. The lowest BCUT2D eigenvalue weighted by Gasteiger charge is -2.34. The van der Waals surface area contributed by atoms with Crippen molar-refractivity contribution in [2.24, 2.45) is 10.8 Å². The molecule has 0 saturated carbocycles. The lowest BCUT2D eigenvalue weighted by Crippen LogP contribution is -2.59. The molecule has 0 bridgehead atoms. The second-order valence-electron chi connectivity index (χ2n) is 3.86. The van der Waals surface area contributed by atoms with Gasteiger partial charge >= 0.3 is 0 Å². The largest absolute Gasteiger partial charge is 0.353 e. The SMILES string of the molecule is CCCCN=C(NN)N1CCNC(=O)C1C. The summed E-state index contributed by atoms with van der Waals surface area (Å²) >= 11 is 0. The molecule has 1 atom stereocenters. The average molecular weight is 227 g/mol. The van der Waals surface area contributed by atoms with E-state index in [2.05, 4.69) is 22.7 Å². The van der Waals surface area contributed by atoms with Crippen molar-refractivity contribution in [3.63, 3.8) is 0 Å². The van der Waals surface area contributed by atoms with E-state index in [1.165, 1.54) is 0 Å². The fraction of sp³-hybridized carbons (Fsp3) is 0.800. The normalized spacial score (nSPS) is 21.9. The van der Waals surface area contributed by atoms with Crippen LogP contribution in [0.2, 0.25) is 0 Å². The third-order valence-corrected chi connectivity index (χ3v) is 2.67. The molecule has 6 nitrogen and oxygen atoms in total. The smallest absolute Gasteiger partial charge is 0.242 e. The van der Waals surface area contributed by atoms with Crippen LogP contribution < -0.4 is 16.6 Å². The Balaban J connectivity index is 2.63. The molecule has 1 rings (SSSR count). The summed E-state index contributed by atoms with van der Waals surface area (Å²) in [6.07, 6.45) is 2.12. The number of aliphatic imine (C=N–C) groups is 1. The molecule has 0 aromatic heterocycles. The highest BCUT2D eigenvalue weighted by molar-refractivity contribution is 5.89. The molecule has 0 radical (unpaired) electrons. The Morgan fingerprint density at radius 2 is 2.50 bits per heavy atom. The summed E-state index contributed by atoms with van der Waals surface area (Å²) < 4.78 is 0. The summed E-state index contributed by atoms with van der Waals surface area (Å²) in [5, 5.41) is 2.80. The summed E-state index contributed by atoms with van der Waals surface area (Å²) in [7, 11) is 0. The van der Waals surface area contributed by atoms with Crippen molar-refractivity contribution in [2.75, 3.05) is 19.6 Å². The number of amides is 1. The van der Waals surface area contributed by atoms with Gasteiger partial charge in [0.05, 0.1) is 0 Å². The maximum atomic E-state index is 11.5. The molecule has 6 heteroatoms. The maximum absolute atomic E-state index is 11.5. The van der Waals surface area contributed by atoms with E-state index in [-0.39, 0.29) is 11.9 Å². The minimum Gasteiger partial charge on any atom is -0.353 e. The number of carbonyl (C=O) groups excluding carboxylic acids is 1. The van der Waals surface area contributed by atoms with Gasteiger partial charge in [0.2, 0.25) is 11.9 Å². The number of hydrogen-bond acceptors (Lipinski definition) is 3. The molecule has 1 unspecified atom stereocenters. The molecule has 1 amide bonds. The zero-order chi connectivity index (χ0) is 12.0. The van der Waals surface area contributed by atoms with Gasteiger partial charge in [-0.15, -0.1) is 0 Å². The zero-order valence-electron chi connectivity index (χ0n) is 9.99. The van der Waals surface area contributed by atoms with Crippen LogP contribution in [0, 0.1) is 0 Å². The van der Waals surface area contributed by atoms with E-state index in [1.807, 2.05) is 11.8 Å². The van der Waals surface area contributed by atoms with Gasteiger partial charge in [-0.1, -0.05) is 13.3 Å². The minimum absolute atomic E-state index is 0.0182. The van der Waals surface area contributed by atoms with E-state index < -0.39 is 0 Å². The first kappa shape index (κ1) is 12.8. The monoisotopic (exact) mass is 227 g/mol. The Morgan fingerprint density at radius 3 is 3.12 bits per heavy atom. The summed E-state index contributed by atoms with van der Waals surface area (Å²) in [5.74, 6) is 6.06. The van der Waals surface area contributed by atoms with E-state index >= 15 is 0 Å². The molecule has 1 saturated heterocycles. The first-order valence-corrected chi connectivity index (χ1v) is 5.76. The molecular weight excluding hydrogens is 206 g/mol. The van der Waals surface area contributed by atoms with Gasteiger partial charge in [-0.05, 0) is 13.3 Å². The third kappa shape index (κ3) is 3.10. The maximum Gasteiger partial charge on any atom is 0.242 e. The van der Waals surface area contributed by atoms with E-state index in [0.29, 0.717) is 12.5 Å². The summed E-state index contributed by atoms with van der Waals surface area (Å²) in [6, 6.07) is -0.217. The van der Waals surface area contributed by atoms with Crippen LogP contribution in [0.4, 0.5) is 0 Å². The summed E-state index contributed by atoms with van der Waals surface area (Å²) in [5.41, 5.74) is 2.58. The topological polar surface area (TPSA) is 82.8 Å². The van der Waals surface area contributed by atoms with Crippen LogP contribution in [-0.4, -0.2) is 42.4 Å². The molecule has 0 aromatic carbocycles. The van der Waals surface area contributed by atoms with Gasteiger partial charge in [0.1, 0.15) is 6.04 Å². The van der Waals surface area contributed by atoms with Crippen molar-refractivity contribution >= 4 is 11.9 Å².